The minimum atomic E-state index is -0.348. The van der Waals surface area contributed by atoms with Gasteiger partial charge in [-0.2, -0.15) is 5.10 Å². The van der Waals surface area contributed by atoms with Gasteiger partial charge in [-0.3, -0.25) is 4.68 Å². The van der Waals surface area contributed by atoms with Crippen molar-refractivity contribution in [2.45, 2.75) is 77.9 Å². The Hall–Kier alpha value is -1.39. The van der Waals surface area contributed by atoms with Crippen LogP contribution >= 0.6 is 0 Å². The summed E-state index contributed by atoms with van der Waals surface area (Å²) >= 11 is 0. The Morgan fingerprint density at radius 2 is 1.93 bits per heavy atom. The first-order valence-electron chi connectivity index (χ1n) is 11.5. The molecule has 0 aromatic carbocycles. The van der Waals surface area contributed by atoms with Crippen molar-refractivity contribution in [3.8, 4) is 0 Å². The van der Waals surface area contributed by atoms with Gasteiger partial charge in [-0.15, -0.1) is 0 Å². The van der Waals surface area contributed by atoms with E-state index in [1.165, 1.54) is 17.6 Å². The van der Waals surface area contributed by atoms with E-state index in [1.807, 2.05) is 18.7 Å². The third-order valence-corrected chi connectivity index (χ3v) is 9.34. The topological polar surface area (TPSA) is 58.3 Å². The van der Waals surface area contributed by atoms with Gasteiger partial charge in [-0.25, -0.2) is 0 Å². The highest BCUT2D eigenvalue weighted by molar-refractivity contribution is 5.57. The fraction of sp³-hybridized carbons (Fsp3) is 0.720. The predicted molar refractivity (Wildman–Crippen MR) is 115 cm³/mol. The fourth-order valence-electron chi connectivity index (χ4n) is 7.60. The lowest BCUT2D eigenvalue weighted by atomic mass is 9.48. The van der Waals surface area contributed by atoms with Crippen LogP contribution in [0.3, 0.4) is 0 Å². The normalized spacial score (nSPS) is 45.5. The number of aryl methyl sites for hydroxylation is 2. The van der Waals surface area contributed by atoms with Crippen LogP contribution in [0.15, 0.2) is 23.4 Å². The molecular formula is C25H36N2O2. The molecule has 0 saturated heterocycles. The van der Waals surface area contributed by atoms with E-state index in [9.17, 15) is 10.2 Å². The van der Waals surface area contributed by atoms with Gasteiger partial charge in [0.05, 0.1) is 17.9 Å². The van der Waals surface area contributed by atoms with Gasteiger partial charge in [0.1, 0.15) is 0 Å². The molecule has 3 fully saturated rings. The summed E-state index contributed by atoms with van der Waals surface area (Å²) in [7, 11) is 1.96. The Bertz CT molecular complexity index is 883. The Kier molecular flexibility index (Phi) is 4.42. The molecule has 3 saturated carbocycles. The van der Waals surface area contributed by atoms with Crippen LogP contribution < -0.4 is 0 Å². The fourth-order valence-corrected chi connectivity index (χ4v) is 7.60. The van der Waals surface area contributed by atoms with E-state index < -0.39 is 0 Å². The van der Waals surface area contributed by atoms with Crippen molar-refractivity contribution in [1.82, 2.24) is 9.78 Å². The van der Waals surface area contributed by atoms with E-state index >= 15 is 0 Å². The lowest BCUT2D eigenvalue weighted by Crippen LogP contribution is -2.51. The van der Waals surface area contributed by atoms with Gasteiger partial charge in [0.2, 0.25) is 0 Å². The molecular weight excluding hydrogens is 360 g/mol. The number of aromatic nitrogens is 2. The summed E-state index contributed by atoms with van der Waals surface area (Å²) in [6.45, 7) is 6.84. The van der Waals surface area contributed by atoms with Gasteiger partial charge in [0.15, 0.2) is 0 Å². The molecule has 0 spiro atoms. The molecule has 4 aliphatic rings. The first-order valence-corrected chi connectivity index (χ1v) is 11.5. The molecule has 5 rings (SSSR count). The number of nitrogens with zero attached hydrogens (tertiary/aromatic N) is 2. The average molecular weight is 397 g/mol. The van der Waals surface area contributed by atoms with Gasteiger partial charge < -0.3 is 10.2 Å². The molecule has 1 heterocycles. The Labute approximate surface area is 174 Å². The molecule has 4 heteroatoms. The molecule has 0 radical (unpaired) electrons. The van der Waals surface area contributed by atoms with E-state index in [-0.39, 0.29) is 23.0 Å². The van der Waals surface area contributed by atoms with E-state index in [1.54, 1.807) is 0 Å². The van der Waals surface area contributed by atoms with Crippen molar-refractivity contribution >= 4 is 6.08 Å². The first kappa shape index (κ1) is 19.6. The second-order valence-electron chi connectivity index (χ2n) is 10.9. The number of fused-ring (bicyclic) bond motifs is 5. The zero-order chi connectivity index (χ0) is 20.6. The second kappa shape index (κ2) is 6.55. The predicted octanol–water partition coefficient (Wildman–Crippen LogP) is 4.41. The third kappa shape index (κ3) is 2.82. The third-order valence-electron chi connectivity index (χ3n) is 9.34. The van der Waals surface area contributed by atoms with Gasteiger partial charge in [0, 0.05) is 24.2 Å². The van der Waals surface area contributed by atoms with Crippen LogP contribution in [0.1, 0.15) is 70.1 Å². The van der Waals surface area contributed by atoms with Gasteiger partial charge in [-0.05, 0) is 86.7 Å². The molecule has 0 amide bonds. The zero-order valence-corrected chi connectivity index (χ0v) is 18.4. The Morgan fingerprint density at radius 3 is 2.66 bits per heavy atom. The summed E-state index contributed by atoms with van der Waals surface area (Å²) in [5, 5.41) is 26.0. The molecule has 0 bridgehead atoms. The SMILES string of the molecule is Cc1nn(C)cc1/C=C1/C[C@H]2[C@@H]3CC=C4C[C@@H](O)CC[C@]4(C)[C@H]3CC[C@]2(C)[C@@H]1O. The highest BCUT2D eigenvalue weighted by atomic mass is 16.3. The van der Waals surface area contributed by atoms with Gasteiger partial charge >= 0.3 is 0 Å². The number of hydrogen-bond acceptors (Lipinski definition) is 3. The zero-order valence-electron chi connectivity index (χ0n) is 18.4. The van der Waals surface area contributed by atoms with Crippen LogP contribution in [0.25, 0.3) is 6.08 Å². The average Bonchev–Trinajstić information content (AvgIpc) is 3.12. The summed E-state index contributed by atoms with van der Waals surface area (Å²) in [5.74, 6) is 1.88. The van der Waals surface area contributed by atoms with Crippen LogP contribution in [0.2, 0.25) is 0 Å². The maximum absolute atomic E-state index is 11.4. The standard InChI is InChI=1S/C25H36N2O2/c1-15-17(14-27(4)26-15)11-16-12-22-20-6-5-18-13-19(28)7-9-24(18,2)21(20)8-10-25(22,3)23(16)29/h5,11,14,19-23,28-29H,6-10,12-13H2,1-4H3/b16-11-/t19-,20+,21-,22-,23+,24-,25-/m0/s1. The molecule has 0 aliphatic heterocycles. The molecule has 0 unspecified atom stereocenters. The van der Waals surface area contributed by atoms with Crippen LogP contribution in [0.5, 0.6) is 0 Å². The van der Waals surface area contributed by atoms with E-state index in [2.05, 4.69) is 37.3 Å². The van der Waals surface area contributed by atoms with Crippen molar-refractivity contribution in [3.63, 3.8) is 0 Å². The number of aliphatic hydroxyl groups is 2. The highest BCUT2D eigenvalue weighted by Crippen LogP contribution is 2.65. The van der Waals surface area contributed by atoms with Crippen LogP contribution in [0, 0.1) is 35.5 Å². The molecule has 1 aromatic rings. The summed E-state index contributed by atoms with van der Waals surface area (Å²) in [6.07, 6.45) is 13.6. The molecule has 7 atom stereocenters. The molecule has 4 nitrogen and oxygen atoms in total. The van der Waals surface area contributed by atoms with Gasteiger partial charge in [0.25, 0.3) is 0 Å². The molecule has 4 aliphatic carbocycles. The van der Waals surface area contributed by atoms with E-state index in [0.717, 1.165) is 49.8 Å². The first-order chi connectivity index (χ1) is 13.7. The lowest BCUT2D eigenvalue weighted by Gasteiger charge is -2.57. The lowest BCUT2D eigenvalue weighted by molar-refractivity contribution is -0.0685. The van der Waals surface area contributed by atoms with Crippen molar-refractivity contribution in [2.75, 3.05) is 0 Å². The molecule has 29 heavy (non-hydrogen) atoms. The quantitative estimate of drug-likeness (QED) is 0.692. The van der Waals surface area contributed by atoms with Crippen molar-refractivity contribution in [3.05, 3.63) is 34.7 Å². The Morgan fingerprint density at radius 1 is 1.14 bits per heavy atom. The smallest absolute Gasteiger partial charge is 0.0809 e. The number of rotatable bonds is 1. The van der Waals surface area contributed by atoms with Crippen molar-refractivity contribution < 1.29 is 10.2 Å². The van der Waals surface area contributed by atoms with Crippen molar-refractivity contribution in [1.29, 1.82) is 0 Å². The Balaban J connectivity index is 1.48. The summed E-state index contributed by atoms with van der Waals surface area (Å²) in [5.41, 5.74) is 5.12. The van der Waals surface area contributed by atoms with Gasteiger partial charge in [-0.1, -0.05) is 25.5 Å². The molecule has 158 valence electrons. The largest absolute Gasteiger partial charge is 0.393 e. The summed E-state index contributed by atoms with van der Waals surface area (Å²) < 4.78 is 1.86. The highest BCUT2D eigenvalue weighted by Gasteiger charge is 2.59. The minimum Gasteiger partial charge on any atom is -0.393 e. The number of hydrogen-bond donors (Lipinski definition) is 2. The summed E-state index contributed by atoms with van der Waals surface area (Å²) in [4.78, 5) is 0. The van der Waals surface area contributed by atoms with Crippen LogP contribution in [-0.2, 0) is 7.05 Å². The minimum absolute atomic E-state index is 0.0149. The molecule has 1 aromatic heterocycles. The monoisotopic (exact) mass is 396 g/mol. The van der Waals surface area contributed by atoms with E-state index in [4.69, 9.17) is 0 Å². The maximum Gasteiger partial charge on any atom is 0.0809 e. The van der Waals surface area contributed by atoms with Crippen LogP contribution in [0.4, 0.5) is 0 Å². The molecule has 2 N–H and O–H groups in total. The maximum atomic E-state index is 11.4. The van der Waals surface area contributed by atoms with E-state index in [0.29, 0.717) is 17.8 Å². The second-order valence-corrected chi connectivity index (χ2v) is 10.9. The number of allylic oxidation sites excluding steroid dienone is 1. The number of aliphatic hydroxyl groups excluding tert-OH is 2. The van der Waals surface area contributed by atoms with Crippen LogP contribution in [-0.4, -0.2) is 32.2 Å². The van der Waals surface area contributed by atoms with Crippen molar-refractivity contribution in [2.24, 2.45) is 35.6 Å². The summed E-state index contributed by atoms with van der Waals surface area (Å²) in [6, 6.07) is 0.